The molecular weight excluding hydrogens is 228 g/mol. The number of oxime groups is 1. The van der Waals surface area contributed by atoms with Crippen LogP contribution >= 0.6 is 0 Å². The van der Waals surface area contributed by atoms with Gasteiger partial charge in [0.1, 0.15) is 5.82 Å². The smallest absolute Gasteiger partial charge is 0.174 e. The van der Waals surface area contributed by atoms with Crippen molar-refractivity contribution in [2.24, 2.45) is 16.8 Å². The van der Waals surface area contributed by atoms with Crippen molar-refractivity contribution in [2.45, 2.75) is 27.7 Å². The molecule has 3 N–H and O–H groups in total. The molecule has 1 rings (SSSR count). The Balaban J connectivity index is 3.25. The summed E-state index contributed by atoms with van der Waals surface area (Å²) < 4.78 is 0. The Morgan fingerprint density at radius 3 is 2.72 bits per heavy atom. The van der Waals surface area contributed by atoms with Gasteiger partial charge in [-0.2, -0.15) is 0 Å². The Morgan fingerprint density at radius 2 is 2.22 bits per heavy atom. The maximum absolute atomic E-state index is 8.89. The lowest BCUT2D eigenvalue weighted by molar-refractivity contribution is 0.318. The van der Waals surface area contributed by atoms with Crippen molar-refractivity contribution in [2.75, 3.05) is 18.0 Å². The van der Waals surface area contributed by atoms with E-state index in [1.807, 2.05) is 13.0 Å². The molecule has 18 heavy (non-hydrogen) atoms. The topological polar surface area (TPSA) is 74.7 Å². The number of rotatable bonds is 5. The average molecular weight is 250 g/mol. The largest absolute Gasteiger partial charge is 0.409 e. The molecule has 0 amide bonds. The van der Waals surface area contributed by atoms with Crippen molar-refractivity contribution in [3.05, 3.63) is 23.4 Å². The molecule has 0 saturated carbocycles. The van der Waals surface area contributed by atoms with Crippen LogP contribution in [-0.4, -0.2) is 29.1 Å². The molecule has 5 heteroatoms. The lowest BCUT2D eigenvalue weighted by Gasteiger charge is -2.26. The molecule has 1 aromatic heterocycles. The molecule has 0 aliphatic carbocycles. The van der Waals surface area contributed by atoms with Crippen LogP contribution in [0.4, 0.5) is 5.82 Å². The van der Waals surface area contributed by atoms with Crippen LogP contribution in [0.2, 0.25) is 0 Å². The summed E-state index contributed by atoms with van der Waals surface area (Å²) >= 11 is 0. The van der Waals surface area contributed by atoms with E-state index in [1.165, 1.54) is 0 Å². The van der Waals surface area contributed by atoms with Gasteiger partial charge in [0.15, 0.2) is 5.84 Å². The molecule has 0 bridgehead atoms. The Bertz CT molecular complexity index is 429. The second kappa shape index (κ2) is 6.23. The van der Waals surface area contributed by atoms with Gasteiger partial charge in [-0.05, 0) is 31.4 Å². The minimum absolute atomic E-state index is 0.109. The number of nitrogens with zero attached hydrogens (tertiary/aromatic N) is 3. The number of anilines is 1. The first-order chi connectivity index (χ1) is 8.51. The number of nitrogens with two attached hydrogens (primary N) is 1. The minimum atomic E-state index is 0.109. The molecule has 0 fully saturated rings. The summed E-state index contributed by atoms with van der Waals surface area (Å²) in [6.45, 7) is 10.0. The van der Waals surface area contributed by atoms with Crippen LogP contribution in [0.1, 0.15) is 31.9 Å². The van der Waals surface area contributed by atoms with E-state index in [-0.39, 0.29) is 5.84 Å². The zero-order chi connectivity index (χ0) is 13.7. The molecule has 0 radical (unpaired) electrons. The highest BCUT2D eigenvalue weighted by atomic mass is 16.4. The van der Waals surface area contributed by atoms with Gasteiger partial charge in [0.05, 0.1) is 5.56 Å². The van der Waals surface area contributed by atoms with E-state index in [1.54, 1.807) is 6.20 Å². The fourth-order valence-corrected chi connectivity index (χ4v) is 1.96. The summed E-state index contributed by atoms with van der Waals surface area (Å²) in [5.41, 5.74) is 7.42. The quantitative estimate of drug-likeness (QED) is 0.362. The first-order valence-corrected chi connectivity index (χ1v) is 6.19. The normalized spacial score (nSPS) is 11.9. The second-order valence-electron chi connectivity index (χ2n) is 4.74. The monoisotopic (exact) mass is 250 g/mol. The predicted octanol–water partition coefficient (Wildman–Crippen LogP) is 1.97. The maximum atomic E-state index is 8.89. The Kier molecular flexibility index (Phi) is 4.95. The van der Waals surface area contributed by atoms with Gasteiger partial charge in [-0.3, -0.25) is 0 Å². The summed E-state index contributed by atoms with van der Waals surface area (Å²) in [6.07, 6.45) is 1.75. The molecular formula is C13H22N4O. The summed E-state index contributed by atoms with van der Waals surface area (Å²) in [7, 11) is 0. The van der Waals surface area contributed by atoms with E-state index in [9.17, 15) is 0 Å². The van der Waals surface area contributed by atoms with Crippen molar-refractivity contribution in [1.29, 1.82) is 0 Å². The van der Waals surface area contributed by atoms with Gasteiger partial charge in [-0.15, -0.1) is 0 Å². The molecule has 0 unspecified atom stereocenters. The molecule has 0 saturated heterocycles. The first-order valence-electron chi connectivity index (χ1n) is 6.19. The molecule has 0 aromatic carbocycles. The second-order valence-corrected chi connectivity index (χ2v) is 4.74. The van der Waals surface area contributed by atoms with Gasteiger partial charge >= 0.3 is 0 Å². The molecule has 0 atom stereocenters. The Labute approximate surface area is 108 Å². The van der Waals surface area contributed by atoms with Crippen LogP contribution in [0.15, 0.2) is 17.4 Å². The van der Waals surface area contributed by atoms with Gasteiger partial charge < -0.3 is 15.8 Å². The van der Waals surface area contributed by atoms with E-state index in [4.69, 9.17) is 10.9 Å². The lowest BCUT2D eigenvalue weighted by Crippen LogP contribution is -2.31. The van der Waals surface area contributed by atoms with Crippen molar-refractivity contribution >= 4 is 11.7 Å². The third-order valence-corrected chi connectivity index (χ3v) is 2.77. The number of hydrogen-bond donors (Lipinski definition) is 2. The molecule has 0 aliphatic rings. The van der Waals surface area contributed by atoms with Crippen LogP contribution in [0.25, 0.3) is 0 Å². The number of hydrogen-bond acceptors (Lipinski definition) is 4. The highest BCUT2D eigenvalue weighted by Gasteiger charge is 2.17. The van der Waals surface area contributed by atoms with Crippen LogP contribution in [0.3, 0.4) is 0 Å². The SMILES string of the molecule is CCN(CC(C)C)c1nccc(C)c1/C(N)=N/O. The zero-order valence-electron chi connectivity index (χ0n) is 11.5. The molecule has 1 heterocycles. The third-order valence-electron chi connectivity index (χ3n) is 2.77. The number of pyridine rings is 1. The van der Waals surface area contributed by atoms with Gasteiger partial charge in [-0.1, -0.05) is 19.0 Å². The molecule has 5 nitrogen and oxygen atoms in total. The summed E-state index contributed by atoms with van der Waals surface area (Å²) in [6, 6.07) is 1.86. The van der Waals surface area contributed by atoms with Gasteiger partial charge in [0, 0.05) is 19.3 Å². The standard InChI is InChI=1S/C13H22N4O/c1-5-17(8-9(2)3)13-11(12(14)16-18)10(4)6-7-15-13/h6-7,9,18H,5,8H2,1-4H3,(H2,14,16). The summed E-state index contributed by atoms with van der Waals surface area (Å²) in [5, 5.41) is 12.0. The van der Waals surface area contributed by atoms with Crippen LogP contribution < -0.4 is 10.6 Å². The minimum Gasteiger partial charge on any atom is -0.409 e. The average Bonchev–Trinajstić information content (AvgIpc) is 2.34. The fourth-order valence-electron chi connectivity index (χ4n) is 1.96. The lowest BCUT2D eigenvalue weighted by atomic mass is 10.1. The molecule has 100 valence electrons. The third kappa shape index (κ3) is 3.12. The molecule has 0 spiro atoms. The van der Waals surface area contributed by atoms with Gasteiger partial charge in [-0.25, -0.2) is 4.98 Å². The van der Waals surface area contributed by atoms with Crippen molar-refractivity contribution in [3.8, 4) is 0 Å². The van der Waals surface area contributed by atoms with E-state index in [0.29, 0.717) is 11.5 Å². The zero-order valence-corrected chi connectivity index (χ0v) is 11.5. The highest BCUT2D eigenvalue weighted by molar-refractivity contribution is 6.02. The van der Waals surface area contributed by atoms with Crippen LogP contribution in [0, 0.1) is 12.8 Å². The number of amidine groups is 1. The van der Waals surface area contributed by atoms with Crippen LogP contribution in [0.5, 0.6) is 0 Å². The Hall–Kier alpha value is -1.78. The van der Waals surface area contributed by atoms with E-state index in [0.717, 1.165) is 24.5 Å². The van der Waals surface area contributed by atoms with Crippen molar-refractivity contribution in [1.82, 2.24) is 4.98 Å². The van der Waals surface area contributed by atoms with Crippen LogP contribution in [-0.2, 0) is 0 Å². The first kappa shape index (κ1) is 14.3. The molecule has 0 aliphatic heterocycles. The summed E-state index contributed by atoms with van der Waals surface area (Å²) in [5.74, 6) is 1.41. The van der Waals surface area contributed by atoms with Gasteiger partial charge in [0.25, 0.3) is 0 Å². The predicted molar refractivity (Wildman–Crippen MR) is 74.2 cm³/mol. The fraction of sp³-hybridized carbons (Fsp3) is 0.538. The molecule has 1 aromatic rings. The van der Waals surface area contributed by atoms with E-state index in [2.05, 4.69) is 35.8 Å². The van der Waals surface area contributed by atoms with Gasteiger partial charge in [0.2, 0.25) is 0 Å². The number of aromatic nitrogens is 1. The highest BCUT2D eigenvalue weighted by Crippen LogP contribution is 2.21. The summed E-state index contributed by atoms with van der Waals surface area (Å²) in [4.78, 5) is 6.53. The van der Waals surface area contributed by atoms with E-state index >= 15 is 0 Å². The van der Waals surface area contributed by atoms with Crippen molar-refractivity contribution in [3.63, 3.8) is 0 Å². The maximum Gasteiger partial charge on any atom is 0.174 e. The Morgan fingerprint density at radius 1 is 1.56 bits per heavy atom. The number of aryl methyl sites for hydroxylation is 1. The van der Waals surface area contributed by atoms with E-state index < -0.39 is 0 Å². The van der Waals surface area contributed by atoms with Crippen molar-refractivity contribution < 1.29 is 5.21 Å².